The van der Waals surface area contributed by atoms with Crippen LogP contribution in [0.5, 0.6) is 0 Å². The van der Waals surface area contributed by atoms with Crippen molar-refractivity contribution in [2.45, 2.75) is 12.0 Å². The molecule has 0 bridgehead atoms. The van der Waals surface area contributed by atoms with Gasteiger partial charge in [0.25, 0.3) is 11.6 Å². The van der Waals surface area contributed by atoms with Crippen LogP contribution in [0, 0.1) is 10.1 Å². The summed E-state index contributed by atoms with van der Waals surface area (Å²) in [7, 11) is 0. The van der Waals surface area contributed by atoms with E-state index in [4.69, 9.17) is 4.42 Å². The molecule has 8 heteroatoms. The quantitative estimate of drug-likeness (QED) is 0.502. The molecule has 22 heavy (non-hydrogen) atoms. The minimum absolute atomic E-state index is 0.0000980. The number of non-ortho nitro benzene ring substituents is 1. The average Bonchev–Trinajstić information content (AvgIpc) is 3.07. The number of hydrogen-bond donors (Lipinski definition) is 2. The fourth-order valence-corrected chi connectivity index (χ4v) is 2.38. The Morgan fingerprint density at radius 3 is 2.82 bits per heavy atom. The summed E-state index contributed by atoms with van der Waals surface area (Å²) in [6.45, 7) is 0. The van der Waals surface area contributed by atoms with Crippen LogP contribution in [-0.4, -0.2) is 21.7 Å². The smallest absolute Gasteiger partial charge is 0.269 e. The lowest BCUT2D eigenvalue weighted by atomic mass is 9.89. The second-order valence-electron chi connectivity index (χ2n) is 4.88. The third-order valence-corrected chi connectivity index (χ3v) is 3.50. The van der Waals surface area contributed by atoms with Crippen LogP contribution in [0.3, 0.4) is 0 Å². The van der Waals surface area contributed by atoms with Gasteiger partial charge in [0.1, 0.15) is 0 Å². The lowest BCUT2D eigenvalue weighted by Crippen LogP contribution is -2.36. The van der Waals surface area contributed by atoms with Crippen LogP contribution >= 0.6 is 0 Å². The minimum Gasteiger partial charge on any atom is -0.461 e. The molecule has 1 unspecified atom stereocenters. The third kappa shape index (κ3) is 2.06. The Bertz CT molecular complexity index is 783. The van der Waals surface area contributed by atoms with Gasteiger partial charge in [0, 0.05) is 23.4 Å². The summed E-state index contributed by atoms with van der Waals surface area (Å²) < 4.78 is 4.94. The number of aliphatic hydroxyl groups is 1. The van der Waals surface area contributed by atoms with Crippen LogP contribution < -0.4 is 5.32 Å². The first-order valence-electron chi connectivity index (χ1n) is 6.31. The van der Waals surface area contributed by atoms with Crippen molar-refractivity contribution >= 4 is 23.1 Å². The van der Waals surface area contributed by atoms with E-state index in [1.165, 1.54) is 30.5 Å². The fourth-order valence-electron chi connectivity index (χ4n) is 2.38. The van der Waals surface area contributed by atoms with Crippen molar-refractivity contribution in [2.75, 3.05) is 5.32 Å². The molecule has 112 valence electrons. The molecule has 1 amide bonds. The van der Waals surface area contributed by atoms with E-state index in [2.05, 4.69) is 5.32 Å². The standard InChI is InChI=1S/C14H10N2O6/c17-11(12-2-1-5-22-12)7-14(19)9-6-8(16(20)21)3-4-10(9)15-13(14)18/h1-6,19H,7H2,(H,15,18). The highest BCUT2D eigenvalue weighted by Gasteiger charge is 2.47. The van der Waals surface area contributed by atoms with Crippen LogP contribution in [0.2, 0.25) is 0 Å². The van der Waals surface area contributed by atoms with Crippen molar-refractivity contribution in [3.05, 3.63) is 58.0 Å². The lowest BCUT2D eigenvalue weighted by molar-refractivity contribution is -0.385. The van der Waals surface area contributed by atoms with Crippen LogP contribution in [0.1, 0.15) is 22.5 Å². The zero-order chi connectivity index (χ0) is 15.9. The highest BCUT2D eigenvalue weighted by molar-refractivity contribution is 6.09. The molecule has 0 aliphatic carbocycles. The zero-order valence-corrected chi connectivity index (χ0v) is 11.1. The summed E-state index contributed by atoms with van der Waals surface area (Å²) in [6.07, 6.45) is 0.727. The number of ketones is 1. The van der Waals surface area contributed by atoms with Gasteiger partial charge in [0.15, 0.2) is 11.4 Å². The van der Waals surface area contributed by atoms with Gasteiger partial charge in [0.2, 0.25) is 5.78 Å². The van der Waals surface area contributed by atoms with Crippen molar-refractivity contribution in [2.24, 2.45) is 0 Å². The Morgan fingerprint density at radius 1 is 1.41 bits per heavy atom. The molecule has 0 saturated carbocycles. The number of benzene rings is 1. The monoisotopic (exact) mass is 302 g/mol. The van der Waals surface area contributed by atoms with Crippen LogP contribution in [0.4, 0.5) is 11.4 Å². The summed E-state index contributed by atoms with van der Waals surface area (Å²) in [4.78, 5) is 34.3. The van der Waals surface area contributed by atoms with Crippen LogP contribution in [0.25, 0.3) is 0 Å². The van der Waals surface area contributed by atoms with Crippen LogP contribution in [0.15, 0.2) is 41.0 Å². The molecule has 1 aromatic carbocycles. The maximum Gasteiger partial charge on any atom is 0.269 e. The number of amides is 1. The number of nitro groups is 1. The van der Waals surface area contributed by atoms with E-state index in [1.54, 1.807) is 0 Å². The molecular formula is C14H10N2O6. The summed E-state index contributed by atoms with van der Waals surface area (Å²) in [5, 5.41) is 23.8. The third-order valence-electron chi connectivity index (χ3n) is 3.50. The van der Waals surface area contributed by atoms with Crippen molar-refractivity contribution in [3.63, 3.8) is 0 Å². The van der Waals surface area contributed by atoms with Gasteiger partial charge in [-0.2, -0.15) is 0 Å². The molecular weight excluding hydrogens is 292 g/mol. The van der Waals surface area contributed by atoms with Crippen molar-refractivity contribution in [1.82, 2.24) is 0 Å². The number of anilines is 1. The molecule has 3 rings (SSSR count). The van der Waals surface area contributed by atoms with E-state index in [0.29, 0.717) is 0 Å². The number of nitro benzene ring substituents is 1. The summed E-state index contributed by atoms with van der Waals surface area (Å²) in [5.41, 5.74) is -2.19. The van der Waals surface area contributed by atoms with Gasteiger partial charge in [-0.1, -0.05) is 0 Å². The number of hydrogen-bond acceptors (Lipinski definition) is 6. The highest BCUT2D eigenvalue weighted by Crippen LogP contribution is 2.40. The Labute approximate surface area is 123 Å². The Hall–Kier alpha value is -3.00. The van der Waals surface area contributed by atoms with Crippen molar-refractivity contribution in [1.29, 1.82) is 0 Å². The van der Waals surface area contributed by atoms with E-state index in [1.807, 2.05) is 0 Å². The maximum absolute atomic E-state index is 12.1. The van der Waals surface area contributed by atoms with E-state index < -0.39 is 28.6 Å². The molecule has 8 nitrogen and oxygen atoms in total. The maximum atomic E-state index is 12.1. The number of furan rings is 1. The zero-order valence-electron chi connectivity index (χ0n) is 11.1. The number of nitrogens with one attached hydrogen (secondary N) is 1. The molecule has 0 saturated heterocycles. The molecule has 1 aliphatic heterocycles. The topological polar surface area (TPSA) is 123 Å². The van der Waals surface area contributed by atoms with Gasteiger partial charge in [-0.15, -0.1) is 0 Å². The molecule has 1 atom stereocenters. The summed E-state index contributed by atoms with van der Waals surface area (Å²) in [5.74, 6) is -1.38. The number of nitrogens with zero attached hydrogens (tertiary/aromatic N) is 1. The average molecular weight is 302 g/mol. The predicted molar refractivity (Wildman–Crippen MR) is 73.3 cm³/mol. The molecule has 2 heterocycles. The van der Waals surface area contributed by atoms with Gasteiger partial charge in [0.05, 0.1) is 17.6 Å². The summed E-state index contributed by atoms with van der Waals surface area (Å²) >= 11 is 0. The number of Topliss-reactive ketones (excluding diaryl/α,β-unsaturated/α-hetero) is 1. The normalized spacial score (nSPS) is 19.6. The SMILES string of the molecule is O=C(CC1(O)C(=O)Nc2ccc([N+](=O)[O-])cc21)c1ccco1. The van der Waals surface area contributed by atoms with Gasteiger partial charge in [-0.25, -0.2) is 0 Å². The molecule has 0 spiro atoms. The number of fused-ring (bicyclic) bond motifs is 1. The number of rotatable bonds is 4. The van der Waals surface area contributed by atoms with Crippen molar-refractivity contribution < 1.29 is 24.0 Å². The molecule has 2 aromatic rings. The molecule has 0 radical (unpaired) electrons. The second-order valence-corrected chi connectivity index (χ2v) is 4.88. The predicted octanol–water partition coefficient (Wildman–Crippen LogP) is 1.60. The van der Waals surface area contributed by atoms with Gasteiger partial charge < -0.3 is 14.8 Å². The van der Waals surface area contributed by atoms with Crippen LogP contribution in [-0.2, 0) is 10.4 Å². The second kappa shape index (κ2) is 4.78. The largest absolute Gasteiger partial charge is 0.461 e. The number of carbonyl (C=O) groups is 2. The first kappa shape index (κ1) is 14.0. The lowest BCUT2D eigenvalue weighted by Gasteiger charge is -2.19. The first-order chi connectivity index (χ1) is 10.4. The Balaban J connectivity index is 2.00. The van der Waals surface area contributed by atoms with E-state index >= 15 is 0 Å². The van der Waals surface area contributed by atoms with Gasteiger partial charge >= 0.3 is 0 Å². The Kier molecular flexibility index (Phi) is 3.03. The molecule has 2 N–H and O–H groups in total. The summed E-state index contributed by atoms with van der Waals surface area (Å²) in [6, 6.07) is 6.53. The number of carbonyl (C=O) groups excluding carboxylic acids is 2. The highest BCUT2D eigenvalue weighted by atomic mass is 16.6. The molecule has 0 fully saturated rings. The Morgan fingerprint density at radius 2 is 2.18 bits per heavy atom. The molecule has 1 aromatic heterocycles. The van der Waals surface area contributed by atoms with Gasteiger partial charge in [-0.05, 0) is 18.2 Å². The van der Waals surface area contributed by atoms with Gasteiger partial charge in [-0.3, -0.25) is 19.7 Å². The first-order valence-corrected chi connectivity index (χ1v) is 6.31. The van der Waals surface area contributed by atoms with Crippen molar-refractivity contribution in [3.8, 4) is 0 Å². The fraction of sp³-hybridized carbons (Fsp3) is 0.143. The molecule has 1 aliphatic rings. The van der Waals surface area contributed by atoms with E-state index in [9.17, 15) is 24.8 Å². The van der Waals surface area contributed by atoms with E-state index in [-0.39, 0.29) is 22.7 Å². The minimum atomic E-state index is -2.16. The van der Waals surface area contributed by atoms with E-state index in [0.717, 1.165) is 6.07 Å².